The Balaban J connectivity index is 2.15. The van der Waals surface area contributed by atoms with Crippen molar-refractivity contribution in [2.24, 2.45) is 0 Å². The van der Waals surface area contributed by atoms with Crippen molar-refractivity contribution in [2.75, 3.05) is 25.5 Å². The molecule has 1 aliphatic rings. The van der Waals surface area contributed by atoms with Crippen molar-refractivity contribution in [1.82, 2.24) is 14.9 Å². The smallest absolute Gasteiger partial charge is 0.409 e. The molecule has 1 amide bonds. The number of piperidine rings is 1. The minimum atomic E-state index is -0.245. The third-order valence-corrected chi connectivity index (χ3v) is 4.45. The Morgan fingerprint density at radius 1 is 1.12 bits per heavy atom. The van der Waals surface area contributed by atoms with Crippen LogP contribution in [0.15, 0.2) is 6.07 Å². The molecule has 1 aromatic rings. The second kappa shape index (κ2) is 7.18. The highest BCUT2D eigenvalue weighted by molar-refractivity contribution is 5.67. The Hall–Kier alpha value is -1.85. The van der Waals surface area contributed by atoms with Crippen molar-refractivity contribution >= 4 is 11.9 Å². The molecule has 140 valence electrons. The van der Waals surface area contributed by atoms with Gasteiger partial charge in [0.2, 0.25) is 0 Å². The number of likely N-dealkylation sites (tertiary alicyclic amines) is 1. The maximum absolute atomic E-state index is 11.6. The number of hydrogen-bond donors (Lipinski definition) is 1. The fraction of sp³-hybridized carbons (Fsp3) is 0.737. The van der Waals surface area contributed by atoms with Crippen LogP contribution < -0.4 is 5.32 Å². The number of hydrogen-bond acceptors (Lipinski definition) is 5. The summed E-state index contributed by atoms with van der Waals surface area (Å²) in [4.78, 5) is 22.9. The van der Waals surface area contributed by atoms with E-state index in [1.54, 1.807) is 4.90 Å². The van der Waals surface area contributed by atoms with Gasteiger partial charge in [0.25, 0.3) is 0 Å². The second-order valence-corrected chi connectivity index (χ2v) is 8.84. The molecule has 2 heterocycles. The first-order valence-electron chi connectivity index (χ1n) is 9.00. The summed E-state index contributed by atoms with van der Waals surface area (Å²) in [6.07, 6.45) is 1.52. The van der Waals surface area contributed by atoms with Crippen LogP contribution in [0.25, 0.3) is 0 Å². The van der Waals surface area contributed by atoms with Gasteiger partial charge in [-0.3, -0.25) is 0 Å². The standard InChI is InChI=1S/C19H32N4O2/c1-18(2,3)14-12-15(22-16(21-14)19(4,5)6)20-13-8-10-23(11-9-13)17(24)25-7/h12-13H,8-11H2,1-7H3,(H,20,21,22). The Morgan fingerprint density at radius 3 is 2.20 bits per heavy atom. The van der Waals surface area contributed by atoms with Gasteiger partial charge in [-0.1, -0.05) is 41.5 Å². The topological polar surface area (TPSA) is 67.3 Å². The van der Waals surface area contributed by atoms with E-state index in [2.05, 4.69) is 52.9 Å². The van der Waals surface area contributed by atoms with Crippen molar-refractivity contribution in [3.63, 3.8) is 0 Å². The van der Waals surface area contributed by atoms with Crippen molar-refractivity contribution < 1.29 is 9.53 Å². The zero-order chi connectivity index (χ0) is 18.8. The highest BCUT2D eigenvalue weighted by Crippen LogP contribution is 2.27. The van der Waals surface area contributed by atoms with Gasteiger partial charge in [0, 0.05) is 36.0 Å². The minimum Gasteiger partial charge on any atom is -0.453 e. The number of nitrogens with one attached hydrogen (secondary N) is 1. The second-order valence-electron chi connectivity index (χ2n) is 8.84. The Bertz CT molecular complexity index is 577. The van der Waals surface area contributed by atoms with Gasteiger partial charge < -0.3 is 15.0 Å². The molecule has 0 radical (unpaired) electrons. The van der Waals surface area contributed by atoms with Gasteiger partial charge >= 0.3 is 6.09 Å². The molecule has 1 aromatic heterocycles. The molecule has 0 aromatic carbocycles. The minimum absolute atomic E-state index is 0.0341. The lowest BCUT2D eigenvalue weighted by molar-refractivity contribution is 0.113. The molecule has 1 N–H and O–H groups in total. The van der Waals surface area contributed by atoms with Gasteiger partial charge in [0.15, 0.2) is 0 Å². The van der Waals surface area contributed by atoms with Crippen molar-refractivity contribution in [3.05, 3.63) is 17.6 Å². The van der Waals surface area contributed by atoms with E-state index in [-0.39, 0.29) is 16.9 Å². The van der Waals surface area contributed by atoms with Crippen LogP contribution in [-0.2, 0) is 15.6 Å². The van der Waals surface area contributed by atoms with E-state index in [4.69, 9.17) is 14.7 Å². The molecule has 25 heavy (non-hydrogen) atoms. The molecular formula is C19H32N4O2. The average Bonchev–Trinajstić information content (AvgIpc) is 2.53. The van der Waals surface area contributed by atoms with E-state index in [0.717, 1.165) is 30.2 Å². The number of rotatable bonds is 2. The summed E-state index contributed by atoms with van der Waals surface area (Å²) in [5.74, 6) is 1.73. The molecular weight excluding hydrogens is 316 g/mol. The maximum atomic E-state index is 11.6. The van der Waals surface area contributed by atoms with Crippen molar-refractivity contribution in [3.8, 4) is 0 Å². The summed E-state index contributed by atoms with van der Waals surface area (Å²) < 4.78 is 4.80. The summed E-state index contributed by atoms with van der Waals surface area (Å²) in [7, 11) is 1.43. The molecule has 1 saturated heterocycles. The number of aromatic nitrogens is 2. The molecule has 6 heteroatoms. The first-order chi connectivity index (χ1) is 11.5. The highest BCUT2D eigenvalue weighted by Gasteiger charge is 2.26. The van der Waals surface area contributed by atoms with E-state index < -0.39 is 0 Å². The number of anilines is 1. The van der Waals surface area contributed by atoms with E-state index in [1.165, 1.54) is 7.11 Å². The van der Waals surface area contributed by atoms with Crippen LogP contribution in [0.4, 0.5) is 10.6 Å². The predicted octanol–water partition coefficient (Wildman–Crippen LogP) is 3.71. The Kier molecular flexibility index (Phi) is 5.59. The largest absolute Gasteiger partial charge is 0.453 e. The molecule has 0 unspecified atom stereocenters. The molecule has 0 bridgehead atoms. The van der Waals surface area contributed by atoms with Crippen LogP contribution in [0, 0.1) is 0 Å². The molecule has 1 aliphatic heterocycles. The Labute approximate surface area is 151 Å². The maximum Gasteiger partial charge on any atom is 0.409 e. The first kappa shape index (κ1) is 19.5. The molecule has 0 saturated carbocycles. The van der Waals surface area contributed by atoms with Crippen molar-refractivity contribution in [2.45, 2.75) is 71.3 Å². The summed E-state index contributed by atoms with van der Waals surface area (Å²) in [6.45, 7) is 14.3. The van der Waals surface area contributed by atoms with Crippen LogP contribution in [0.3, 0.4) is 0 Å². The molecule has 1 fully saturated rings. The van der Waals surface area contributed by atoms with Gasteiger partial charge in [-0.25, -0.2) is 14.8 Å². The lowest BCUT2D eigenvalue weighted by Gasteiger charge is -2.32. The number of amides is 1. The summed E-state index contributed by atoms with van der Waals surface area (Å²) in [5, 5.41) is 3.55. The molecule has 6 nitrogen and oxygen atoms in total. The fourth-order valence-corrected chi connectivity index (χ4v) is 2.79. The van der Waals surface area contributed by atoms with Crippen molar-refractivity contribution in [1.29, 1.82) is 0 Å². The number of carbonyl (C=O) groups is 1. The lowest BCUT2D eigenvalue weighted by Crippen LogP contribution is -2.42. The molecule has 0 atom stereocenters. The summed E-state index contributed by atoms with van der Waals surface area (Å²) in [6, 6.07) is 2.36. The summed E-state index contributed by atoms with van der Waals surface area (Å²) >= 11 is 0. The quantitative estimate of drug-likeness (QED) is 0.882. The highest BCUT2D eigenvalue weighted by atomic mass is 16.5. The number of carbonyl (C=O) groups excluding carboxylic acids is 1. The SMILES string of the molecule is COC(=O)N1CCC(Nc2cc(C(C)(C)C)nc(C(C)(C)C)n2)CC1. The van der Waals surface area contributed by atoms with E-state index in [9.17, 15) is 4.79 Å². The van der Waals surface area contributed by atoms with Gasteiger partial charge in [-0.15, -0.1) is 0 Å². The lowest BCUT2D eigenvalue weighted by atomic mass is 9.90. The van der Waals surface area contributed by atoms with Crippen LogP contribution in [-0.4, -0.2) is 47.2 Å². The Morgan fingerprint density at radius 2 is 1.72 bits per heavy atom. The van der Waals surface area contributed by atoms with Gasteiger partial charge in [-0.05, 0) is 12.8 Å². The van der Waals surface area contributed by atoms with Crippen LogP contribution in [0.1, 0.15) is 65.9 Å². The molecule has 2 rings (SSSR count). The number of ether oxygens (including phenoxy) is 1. The van der Waals surface area contributed by atoms with Gasteiger partial charge in [-0.2, -0.15) is 0 Å². The predicted molar refractivity (Wildman–Crippen MR) is 100 cm³/mol. The van der Waals surface area contributed by atoms with Crippen LogP contribution in [0.2, 0.25) is 0 Å². The van der Waals surface area contributed by atoms with Crippen LogP contribution in [0.5, 0.6) is 0 Å². The fourth-order valence-electron chi connectivity index (χ4n) is 2.79. The monoisotopic (exact) mass is 348 g/mol. The number of methoxy groups -OCH3 is 1. The zero-order valence-corrected chi connectivity index (χ0v) is 16.6. The van der Waals surface area contributed by atoms with E-state index in [0.29, 0.717) is 19.1 Å². The number of nitrogens with zero attached hydrogens (tertiary/aromatic N) is 3. The van der Waals surface area contributed by atoms with Crippen LogP contribution >= 0.6 is 0 Å². The third kappa shape index (κ3) is 5.06. The third-order valence-electron chi connectivity index (χ3n) is 4.45. The van der Waals surface area contributed by atoms with E-state index >= 15 is 0 Å². The van der Waals surface area contributed by atoms with Gasteiger partial charge in [0.1, 0.15) is 11.6 Å². The summed E-state index contributed by atoms with van der Waals surface area (Å²) in [5.41, 5.74) is 0.904. The molecule has 0 aliphatic carbocycles. The normalized spacial score (nSPS) is 16.7. The van der Waals surface area contributed by atoms with E-state index in [1.807, 2.05) is 0 Å². The first-order valence-corrected chi connectivity index (χ1v) is 9.00. The molecule has 0 spiro atoms. The van der Waals surface area contributed by atoms with Gasteiger partial charge in [0.05, 0.1) is 12.8 Å². The zero-order valence-electron chi connectivity index (χ0n) is 16.6. The average molecular weight is 348 g/mol.